The van der Waals surface area contributed by atoms with Gasteiger partial charge in [0.15, 0.2) is 0 Å². The average molecular weight is 734 g/mol. The minimum absolute atomic E-state index is 0.0609. The molecule has 0 saturated carbocycles. The molecule has 296 valence electrons. The van der Waals surface area contributed by atoms with Crippen molar-refractivity contribution in [1.29, 1.82) is 0 Å². The van der Waals surface area contributed by atoms with Crippen LogP contribution in [0.15, 0.2) is 0 Å². The van der Waals surface area contributed by atoms with Crippen LogP contribution in [0.2, 0.25) is 0 Å². The molecule has 0 aliphatic heterocycles. The van der Waals surface area contributed by atoms with Crippen molar-refractivity contribution in [2.24, 2.45) is 0 Å². The van der Waals surface area contributed by atoms with Crippen LogP contribution in [0.5, 0.6) is 0 Å². The molecular formula is C34H69O14S-. The van der Waals surface area contributed by atoms with Crippen molar-refractivity contribution in [1.82, 2.24) is 0 Å². The molecule has 0 unspecified atom stereocenters. The van der Waals surface area contributed by atoms with E-state index in [-0.39, 0.29) is 19.8 Å². The zero-order chi connectivity index (χ0) is 35.6. The van der Waals surface area contributed by atoms with Crippen molar-refractivity contribution in [2.75, 3.05) is 126 Å². The standard InChI is InChI=1S/C34H70O14S/c1-2-3-4-5-6-7-8-9-10-11-12-13-14-15-16-38-17-18-39-19-20-40-21-22-41-23-24-42-25-26-43-27-28-44-29-30-45-31-32-46-33-34-47-48-49(35,36)37/h2-34H2,1H3,(H,35,36,37)/p-1. The van der Waals surface area contributed by atoms with Gasteiger partial charge in [-0.1, -0.05) is 90.4 Å². The Morgan fingerprint density at radius 2 is 0.551 bits per heavy atom. The fraction of sp³-hybridized carbons (Fsp3) is 1.00. The van der Waals surface area contributed by atoms with E-state index in [1.165, 1.54) is 83.5 Å². The van der Waals surface area contributed by atoms with E-state index >= 15 is 0 Å². The van der Waals surface area contributed by atoms with Gasteiger partial charge in [0.25, 0.3) is 0 Å². The van der Waals surface area contributed by atoms with E-state index in [4.69, 9.17) is 42.6 Å². The Bertz CT molecular complexity index is 717. The third-order valence-electron chi connectivity index (χ3n) is 7.06. The molecule has 0 aromatic carbocycles. The largest absolute Gasteiger partial charge is 0.724 e. The maximum Gasteiger partial charge on any atom is 0.245 e. The van der Waals surface area contributed by atoms with E-state index in [9.17, 15) is 13.0 Å². The Hall–Kier alpha value is -0.530. The first-order valence-electron chi connectivity index (χ1n) is 18.5. The van der Waals surface area contributed by atoms with E-state index in [1.807, 2.05) is 0 Å². The fourth-order valence-electron chi connectivity index (χ4n) is 4.45. The molecule has 0 aliphatic carbocycles. The average Bonchev–Trinajstić information content (AvgIpc) is 3.08. The molecule has 0 saturated heterocycles. The van der Waals surface area contributed by atoms with Gasteiger partial charge in [0.05, 0.1) is 112 Å². The van der Waals surface area contributed by atoms with E-state index in [2.05, 4.69) is 16.1 Å². The lowest BCUT2D eigenvalue weighted by Gasteiger charge is -2.09. The molecule has 0 N–H and O–H groups in total. The molecule has 0 rings (SSSR count). The minimum Gasteiger partial charge on any atom is -0.724 e. The van der Waals surface area contributed by atoms with Crippen LogP contribution in [-0.4, -0.2) is 139 Å². The summed E-state index contributed by atoms with van der Waals surface area (Å²) in [6.45, 7) is 10.6. The molecule has 0 aromatic heterocycles. The predicted molar refractivity (Wildman–Crippen MR) is 184 cm³/mol. The Morgan fingerprint density at radius 1 is 0.327 bits per heavy atom. The number of hydrogen-bond acceptors (Lipinski definition) is 14. The summed E-state index contributed by atoms with van der Waals surface area (Å²) in [5, 5.41) is 0. The van der Waals surface area contributed by atoms with Gasteiger partial charge in [-0.25, -0.2) is 13.3 Å². The Morgan fingerprint density at radius 3 is 0.816 bits per heavy atom. The Balaban J connectivity index is 3.06. The number of hydrogen-bond donors (Lipinski definition) is 0. The molecule has 49 heavy (non-hydrogen) atoms. The molecule has 0 spiro atoms. The summed E-state index contributed by atoms with van der Waals surface area (Å²) in [6, 6.07) is 0. The van der Waals surface area contributed by atoms with Crippen LogP contribution in [-0.2, 0) is 62.3 Å². The second kappa shape index (κ2) is 41.9. The van der Waals surface area contributed by atoms with Crippen molar-refractivity contribution >= 4 is 10.4 Å². The highest BCUT2D eigenvalue weighted by molar-refractivity contribution is 7.80. The first-order chi connectivity index (χ1) is 24.1. The highest BCUT2D eigenvalue weighted by atomic mass is 32.3. The Kier molecular flexibility index (Phi) is 41.4. The first kappa shape index (κ1) is 48.5. The molecular weight excluding hydrogens is 664 g/mol. The normalized spacial score (nSPS) is 12.0. The van der Waals surface area contributed by atoms with Crippen LogP contribution in [0.4, 0.5) is 0 Å². The van der Waals surface area contributed by atoms with Crippen LogP contribution < -0.4 is 0 Å². The van der Waals surface area contributed by atoms with Crippen molar-refractivity contribution < 1.29 is 64.8 Å². The lowest BCUT2D eigenvalue weighted by molar-refractivity contribution is -0.217. The van der Waals surface area contributed by atoms with E-state index < -0.39 is 10.4 Å². The Labute approximate surface area is 297 Å². The minimum atomic E-state index is -4.85. The molecule has 15 heteroatoms. The van der Waals surface area contributed by atoms with Crippen LogP contribution in [0.3, 0.4) is 0 Å². The van der Waals surface area contributed by atoms with Gasteiger partial charge in [-0.05, 0) is 6.42 Å². The second-order valence-corrected chi connectivity index (χ2v) is 12.4. The lowest BCUT2D eigenvalue weighted by Crippen LogP contribution is -2.15. The molecule has 0 amide bonds. The van der Waals surface area contributed by atoms with E-state index in [0.717, 1.165) is 13.0 Å². The molecule has 0 aromatic rings. The summed E-state index contributed by atoms with van der Waals surface area (Å²) in [7, 11) is -4.85. The summed E-state index contributed by atoms with van der Waals surface area (Å²) >= 11 is 0. The number of unbranched alkanes of at least 4 members (excludes halogenated alkanes) is 13. The molecule has 0 radical (unpaired) electrons. The van der Waals surface area contributed by atoms with Gasteiger partial charge in [0.1, 0.15) is 6.61 Å². The predicted octanol–water partition coefficient (Wildman–Crippen LogP) is 5.03. The fourth-order valence-corrected chi connectivity index (χ4v) is 4.63. The lowest BCUT2D eigenvalue weighted by atomic mass is 10.0. The van der Waals surface area contributed by atoms with Crippen molar-refractivity contribution in [3.05, 3.63) is 0 Å². The summed E-state index contributed by atoms with van der Waals surface area (Å²) in [5.41, 5.74) is 0. The molecule has 0 heterocycles. The van der Waals surface area contributed by atoms with Crippen molar-refractivity contribution in [3.8, 4) is 0 Å². The topological polar surface area (TPSA) is 159 Å². The molecule has 0 fully saturated rings. The van der Waals surface area contributed by atoms with Crippen molar-refractivity contribution in [2.45, 2.75) is 96.8 Å². The number of rotatable bonds is 44. The van der Waals surface area contributed by atoms with Crippen LogP contribution in [0.1, 0.15) is 96.8 Å². The van der Waals surface area contributed by atoms with Crippen LogP contribution in [0, 0.1) is 0 Å². The molecule has 0 aliphatic rings. The van der Waals surface area contributed by atoms with Gasteiger partial charge < -0.3 is 47.2 Å². The highest BCUT2D eigenvalue weighted by Gasteiger charge is 1.98. The third-order valence-corrected chi connectivity index (χ3v) is 7.32. The summed E-state index contributed by atoms with van der Waals surface area (Å²) in [4.78, 5) is 4.15. The van der Waals surface area contributed by atoms with E-state index in [1.54, 1.807) is 0 Å². The molecule has 0 atom stereocenters. The van der Waals surface area contributed by atoms with Gasteiger partial charge in [-0.3, -0.25) is 0 Å². The highest BCUT2D eigenvalue weighted by Crippen LogP contribution is 2.13. The van der Waals surface area contributed by atoms with Gasteiger partial charge >= 0.3 is 0 Å². The molecule has 14 nitrogen and oxygen atoms in total. The maximum atomic E-state index is 10.1. The summed E-state index contributed by atoms with van der Waals surface area (Å²) in [5.74, 6) is 0. The smallest absolute Gasteiger partial charge is 0.245 e. The van der Waals surface area contributed by atoms with Gasteiger partial charge in [0, 0.05) is 6.61 Å². The van der Waals surface area contributed by atoms with Gasteiger partial charge in [-0.2, -0.15) is 0 Å². The monoisotopic (exact) mass is 733 g/mol. The van der Waals surface area contributed by atoms with Crippen LogP contribution in [0.25, 0.3) is 0 Å². The third kappa shape index (κ3) is 47.5. The first-order valence-corrected chi connectivity index (χ1v) is 19.9. The van der Waals surface area contributed by atoms with Crippen molar-refractivity contribution in [3.63, 3.8) is 0 Å². The summed E-state index contributed by atoms with van der Waals surface area (Å²) < 4.78 is 82.9. The van der Waals surface area contributed by atoms with Gasteiger partial charge in [0.2, 0.25) is 10.4 Å². The molecule has 0 bridgehead atoms. The van der Waals surface area contributed by atoms with Crippen LogP contribution >= 0.6 is 0 Å². The zero-order valence-corrected chi connectivity index (χ0v) is 31.3. The maximum absolute atomic E-state index is 10.1. The SMILES string of the molecule is CCCCCCCCCCCCCCCCOCCOCCOCCOCCOCCOCCOCCOCCOCCOOS(=O)(=O)[O-]. The summed E-state index contributed by atoms with van der Waals surface area (Å²) in [6.07, 6.45) is 19.1. The van der Waals surface area contributed by atoms with Gasteiger partial charge in [-0.15, -0.1) is 4.33 Å². The zero-order valence-electron chi connectivity index (χ0n) is 30.5. The second-order valence-electron chi connectivity index (χ2n) is 11.4. The van der Waals surface area contributed by atoms with E-state index in [0.29, 0.717) is 99.1 Å². The number of ether oxygens (including phenoxy) is 9. The quantitative estimate of drug-likeness (QED) is 0.0270.